The van der Waals surface area contributed by atoms with Gasteiger partial charge in [-0.25, -0.2) is 4.98 Å². The summed E-state index contributed by atoms with van der Waals surface area (Å²) in [6, 6.07) is 4.10. The Morgan fingerprint density at radius 3 is 2.94 bits per heavy atom. The van der Waals surface area contributed by atoms with Crippen LogP contribution in [0.25, 0.3) is 11.4 Å². The van der Waals surface area contributed by atoms with Crippen LogP contribution in [0.2, 0.25) is 0 Å². The number of rotatable bonds is 1. The molecule has 2 aromatic heterocycles. The summed E-state index contributed by atoms with van der Waals surface area (Å²) in [4.78, 5) is 8.49. The molecule has 3 heterocycles. The largest absolute Gasteiger partial charge is 0.327 e. The second-order valence-corrected chi connectivity index (χ2v) is 4.14. The summed E-state index contributed by atoms with van der Waals surface area (Å²) < 4.78 is 2.23. The van der Waals surface area contributed by atoms with Crippen LogP contribution in [0.1, 0.15) is 24.6 Å². The van der Waals surface area contributed by atoms with Crippen molar-refractivity contribution in [2.24, 2.45) is 5.73 Å². The molecule has 0 aromatic carbocycles. The average Bonchev–Trinajstić information content (AvgIpc) is 2.75. The van der Waals surface area contributed by atoms with Crippen LogP contribution in [0.5, 0.6) is 0 Å². The Kier molecular flexibility index (Phi) is 2.22. The quantitative estimate of drug-likeness (QED) is 0.786. The van der Waals surface area contributed by atoms with E-state index in [1.165, 1.54) is 0 Å². The van der Waals surface area contributed by atoms with Crippen molar-refractivity contribution in [1.82, 2.24) is 14.5 Å². The van der Waals surface area contributed by atoms with Crippen molar-refractivity contribution in [2.75, 3.05) is 0 Å². The Labute approximate surface area is 94.1 Å². The monoisotopic (exact) mass is 214 g/mol. The van der Waals surface area contributed by atoms with Gasteiger partial charge in [-0.2, -0.15) is 0 Å². The predicted molar refractivity (Wildman–Crippen MR) is 61.6 cm³/mol. The highest BCUT2D eigenvalue weighted by atomic mass is 15.1. The molecule has 4 nitrogen and oxygen atoms in total. The second kappa shape index (κ2) is 3.72. The number of fused-ring (bicyclic) bond motifs is 1. The van der Waals surface area contributed by atoms with Gasteiger partial charge in [0.15, 0.2) is 0 Å². The molecular weight excluding hydrogens is 200 g/mol. The Morgan fingerprint density at radius 1 is 1.31 bits per heavy atom. The van der Waals surface area contributed by atoms with Gasteiger partial charge in [0.25, 0.3) is 0 Å². The van der Waals surface area contributed by atoms with Crippen LogP contribution in [0.3, 0.4) is 0 Å². The van der Waals surface area contributed by atoms with Crippen LogP contribution in [0, 0.1) is 0 Å². The molecule has 0 aliphatic carbocycles. The van der Waals surface area contributed by atoms with Crippen molar-refractivity contribution < 1.29 is 0 Å². The van der Waals surface area contributed by atoms with Gasteiger partial charge < -0.3 is 10.3 Å². The van der Waals surface area contributed by atoms with E-state index in [-0.39, 0.29) is 6.04 Å². The van der Waals surface area contributed by atoms with E-state index in [1.54, 1.807) is 12.4 Å². The van der Waals surface area contributed by atoms with E-state index >= 15 is 0 Å². The summed E-state index contributed by atoms with van der Waals surface area (Å²) in [6.45, 7) is 1.01. The van der Waals surface area contributed by atoms with Gasteiger partial charge in [0, 0.05) is 30.5 Å². The van der Waals surface area contributed by atoms with E-state index in [0.717, 1.165) is 36.5 Å². The van der Waals surface area contributed by atoms with E-state index < -0.39 is 0 Å². The lowest BCUT2D eigenvalue weighted by Crippen LogP contribution is -2.21. The molecule has 0 spiro atoms. The van der Waals surface area contributed by atoms with E-state index in [2.05, 4.69) is 14.5 Å². The first-order chi connectivity index (χ1) is 7.86. The average molecular weight is 214 g/mol. The number of nitrogens with two attached hydrogens (primary N) is 1. The lowest BCUT2D eigenvalue weighted by Gasteiger charge is -2.22. The first-order valence-corrected chi connectivity index (χ1v) is 5.57. The lowest BCUT2D eigenvalue weighted by molar-refractivity contribution is 0.466. The summed E-state index contributed by atoms with van der Waals surface area (Å²) in [5.41, 5.74) is 8.32. The molecule has 1 atom stereocenters. The maximum absolute atomic E-state index is 6.06. The summed E-state index contributed by atoms with van der Waals surface area (Å²) in [6.07, 6.45) is 7.67. The van der Waals surface area contributed by atoms with Gasteiger partial charge in [-0.3, -0.25) is 4.98 Å². The van der Waals surface area contributed by atoms with Crippen molar-refractivity contribution in [1.29, 1.82) is 0 Å². The Hall–Kier alpha value is -1.68. The molecular formula is C12H14N4. The highest BCUT2D eigenvalue weighted by Gasteiger charge is 2.20. The normalized spacial score (nSPS) is 19.4. The van der Waals surface area contributed by atoms with E-state index in [0.29, 0.717) is 0 Å². The van der Waals surface area contributed by atoms with Crippen molar-refractivity contribution in [3.8, 4) is 11.4 Å². The molecule has 0 bridgehead atoms. The van der Waals surface area contributed by atoms with Crippen molar-refractivity contribution in [2.45, 2.75) is 25.4 Å². The molecule has 2 aromatic rings. The fourth-order valence-corrected chi connectivity index (χ4v) is 2.27. The van der Waals surface area contributed by atoms with Crippen molar-refractivity contribution in [3.05, 3.63) is 36.4 Å². The molecule has 1 aliphatic heterocycles. The molecule has 3 rings (SSSR count). The van der Waals surface area contributed by atoms with Crippen LogP contribution < -0.4 is 5.73 Å². The van der Waals surface area contributed by atoms with Gasteiger partial charge in [-0.15, -0.1) is 0 Å². The Balaban J connectivity index is 2.10. The molecule has 16 heavy (non-hydrogen) atoms. The maximum atomic E-state index is 6.06. The second-order valence-electron chi connectivity index (χ2n) is 4.14. The van der Waals surface area contributed by atoms with Gasteiger partial charge in [-0.05, 0) is 25.0 Å². The molecule has 0 fully saturated rings. The first-order valence-electron chi connectivity index (χ1n) is 5.57. The van der Waals surface area contributed by atoms with E-state index in [1.807, 2.05) is 18.3 Å². The summed E-state index contributed by atoms with van der Waals surface area (Å²) in [5, 5.41) is 0. The van der Waals surface area contributed by atoms with Gasteiger partial charge in [0.1, 0.15) is 5.82 Å². The Bertz CT molecular complexity index is 489. The zero-order valence-electron chi connectivity index (χ0n) is 9.00. The summed E-state index contributed by atoms with van der Waals surface area (Å²) >= 11 is 0. The highest BCUT2D eigenvalue weighted by molar-refractivity contribution is 5.55. The molecule has 0 saturated heterocycles. The minimum absolute atomic E-state index is 0.136. The predicted octanol–water partition coefficient (Wildman–Crippen LogP) is 1.74. The fraction of sp³-hybridized carbons (Fsp3) is 0.333. The first kappa shape index (κ1) is 9.54. The SMILES string of the molecule is NC1CCCn2c1cnc2-c1ccncc1. The topological polar surface area (TPSA) is 56.7 Å². The van der Waals surface area contributed by atoms with Crippen LogP contribution >= 0.6 is 0 Å². The number of nitrogens with zero attached hydrogens (tertiary/aromatic N) is 3. The maximum Gasteiger partial charge on any atom is 0.140 e. The summed E-state index contributed by atoms with van der Waals surface area (Å²) in [5.74, 6) is 1.01. The number of hydrogen-bond donors (Lipinski definition) is 1. The van der Waals surface area contributed by atoms with E-state index in [9.17, 15) is 0 Å². The molecule has 0 saturated carbocycles. The molecule has 82 valence electrons. The smallest absolute Gasteiger partial charge is 0.140 e. The van der Waals surface area contributed by atoms with Crippen LogP contribution in [-0.2, 0) is 6.54 Å². The van der Waals surface area contributed by atoms with E-state index in [4.69, 9.17) is 5.73 Å². The Morgan fingerprint density at radius 2 is 2.12 bits per heavy atom. The third kappa shape index (κ3) is 1.42. The fourth-order valence-electron chi connectivity index (χ4n) is 2.27. The van der Waals surface area contributed by atoms with Crippen LogP contribution in [-0.4, -0.2) is 14.5 Å². The molecule has 2 N–H and O–H groups in total. The van der Waals surface area contributed by atoms with Crippen LogP contribution in [0.15, 0.2) is 30.7 Å². The van der Waals surface area contributed by atoms with Crippen molar-refractivity contribution in [3.63, 3.8) is 0 Å². The van der Waals surface area contributed by atoms with Crippen molar-refractivity contribution >= 4 is 0 Å². The standard InChI is InChI=1S/C12H14N4/c13-10-2-1-7-16-11(10)8-15-12(16)9-3-5-14-6-4-9/h3-6,8,10H,1-2,7,13H2. The highest BCUT2D eigenvalue weighted by Crippen LogP contribution is 2.28. The number of imidazole rings is 1. The lowest BCUT2D eigenvalue weighted by atomic mass is 10.1. The third-order valence-corrected chi connectivity index (χ3v) is 3.10. The molecule has 0 radical (unpaired) electrons. The molecule has 1 aliphatic rings. The number of hydrogen-bond acceptors (Lipinski definition) is 3. The number of pyridine rings is 1. The zero-order chi connectivity index (χ0) is 11.0. The van der Waals surface area contributed by atoms with Gasteiger partial charge in [0.2, 0.25) is 0 Å². The van der Waals surface area contributed by atoms with Crippen LogP contribution in [0.4, 0.5) is 0 Å². The summed E-state index contributed by atoms with van der Waals surface area (Å²) in [7, 11) is 0. The number of aromatic nitrogens is 3. The minimum Gasteiger partial charge on any atom is -0.327 e. The molecule has 0 amide bonds. The minimum atomic E-state index is 0.136. The molecule has 4 heteroatoms. The van der Waals surface area contributed by atoms with Gasteiger partial charge in [0.05, 0.1) is 11.9 Å². The third-order valence-electron chi connectivity index (χ3n) is 3.10. The van der Waals surface area contributed by atoms with Gasteiger partial charge >= 0.3 is 0 Å². The zero-order valence-corrected chi connectivity index (χ0v) is 9.00. The van der Waals surface area contributed by atoms with Gasteiger partial charge in [-0.1, -0.05) is 0 Å². The molecule has 1 unspecified atom stereocenters.